The maximum atomic E-state index is 11.9. The van der Waals surface area contributed by atoms with E-state index in [4.69, 9.17) is 4.74 Å². The molecule has 1 heterocycles. The van der Waals surface area contributed by atoms with Crippen LogP contribution in [0.2, 0.25) is 0 Å². The van der Waals surface area contributed by atoms with Crippen molar-refractivity contribution in [3.8, 4) is 0 Å². The molecule has 1 aliphatic rings. The van der Waals surface area contributed by atoms with Crippen molar-refractivity contribution in [3.63, 3.8) is 0 Å². The van der Waals surface area contributed by atoms with Gasteiger partial charge in [0.2, 0.25) is 0 Å². The lowest BCUT2D eigenvalue weighted by atomic mass is 9.83. The van der Waals surface area contributed by atoms with E-state index in [0.29, 0.717) is 30.1 Å². The van der Waals surface area contributed by atoms with Crippen molar-refractivity contribution in [1.29, 1.82) is 0 Å². The summed E-state index contributed by atoms with van der Waals surface area (Å²) >= 11 is 0. The Morgan fingerprint density at radius 2 is 2.19 bits per heavy atom. The molecule has 1 unspecified atom stereocenters. The first-order chi connectivity index (χ1) is 7.38. The molecule has 0 N–H and O–H groups in total. The van der Waals surface area contributed by atoms with E-state index in [9.17, 15) is 4.79 Å². The number of carbonyl (C=O) groups is 1. The van der Waals surface area contributed by atoms with Crippen LogP contribution < -0.4 is 0 Å². The first-order valence-electron chi connectivity index (χ1n) is 6.24. The first kappa shape index (κ1) is 13.3. The van der Waals surface area contributed by atoms with Gasteiger partial charge in [-0.05, 0) is 36.7 Å². The second-order valence-electron chi connectivity index (χ2n) is 6.06. The lowest BCUT2D eigenvalue weighted by Crippen LogP contribution is -2.17. The third-order valence-corrected chi connectivity index (χ3v) is 2.71. The smallest absolute Gasteiger partial charge is 0.197 e. The molecule has 16 heavy (non-hydrogen) atoms. The maximum absolute atomic E-state index is 11.9. The molecule has 1 rings (SSSR count). The van der Waals surface area contributed by atoms with E-state index >= 15 is 0 Å². The second kappa shape index (κ2) is 5.51. The summed E-state index contributed by atoms with van der Waals surface area (Å²) in [6, 6.07) is 0. The van der Waals surface area contributed by atoms with Crippen molar-refractivity contribution >= 4 is 5.78 Å². The molecule has 92 valence electrons. The van der Waals surface area contributed by atoms with Crippen molar-refractivity contribution in [3.05, 3.63) is 11.8 Å². The van der Waals surface area contributed by atoms with Crippen molar-refractivity contribution in [2.24, 2.45) is 11.3 Å². The number of Topliss-reactive ketones (excluding diaryl/α,β-unsaturated/α-hetero) is 1. The van der Waals surface area contributed by atoms with E-state index in [1.165, 1.54) is 0 Å². The van der Waals surface area contributed by atoms with Crippen molar-refractivity contribution in [2.45, 2.75) is 53.4 Å². The van der Waals surface area contributed by atoms with Crippen molar-refractivity contribution in [1.82, 2.24) is 0 Å². The van der Waals surface area contributed by atoms with E-state index in [1.807, 2.05) is 6.08 Å². The largest absolute Gasteiger partial charge is 0.490 e. The van der Waals surface area contributed by atoms with E-state index in [-0.39, 0.29) is 5.78 Å². The van der Waals surface area contributed by atoms with Crippen LogP contribution in [0, 0.1) is 11.3 Å². The van der Waals surface area contributed by atoms with Gasteiger partial charge in [0.05, 0.1) is 6.61 Å². The molecule has 0 radical (unpaired) electrons. The molecule has 0 aromatic heterocycles. The predicted octanol–water partition coefficient (Wildman–Crippen LogP) is 3.71. The predicted molar refractivity (Wildman–Crippen MR) is 66.1 cm³/mol. The molecule has 0 saturated carbocycles. The quantitative estimate of drug-likeness (QED) is 0.727. The van der Waals surface area contributed by atoms with E-state index < -0.39 is 0 Å². The molecule has 1 aliphatic heterocycles. The minimum Gasteiger partial charge on any atom is -0.490 e. The molecule has 2 nitrogen and oxygen atoms in total. The van der Waals surface area contributed by atoms with Gasteiger partial charge in [-0.2, -0.15) is 0 Å². The zero-order valence-electron chi connectivity index (χ0n) is 11.0. The summed E-state index contributed by atoms with van der Waals surface area (Å²) in [7, 11) is 0. The molecular formula is C14H24O2. The van der Waals surface area contributed by atoms with E-state index in [0.717, 1.165) is 19.3 Å². The van der Waals surface area contributed by atoms with Gasteiger partial charge in [-0.1, -0.05) is 27.7 Å². The summed E-state index contributed by atoms with van der Waals surface area (Å²) in [6.07, 6.45) is 5.65. The summed E-state index contributed by atoms with van der Waals surface area (Å²) in [5.41, 5.74) is 0.293. The Bertz CT molecular complexity index is 271. The van der Waals surface area contributed by atoms with Gasteiger partial charge in [0.1, 0.15) is 0 Å². The lowest BCUT2D eigenvalue weighted by Gasteiger charge is -2.23. The Labute approximate surface area is 99.1 Å². The van der Waals surface area contributed by atoms with Gasteiger partial charge in [0, 0.05) is 6.42 Å². The van der Waals surface area contributed by atoms with Gasteiger partial charge < -0.3 is 4.74 Å². The molecular weight excluding hydrogens is 200 g/mol. The summed E-state index contributed by atoms with van der Waals surface area (Å²) in [4.78, 5) is 11.9. The Balaban J connectivity index is 2.41. The molecule has 0 aromatic carbocycles. The molecule has 1 atom stereocenters. The average Bonchev–Trinajstić information content (AvgIpc) is 2.16. The standard InChI is InChI=1S/C14H24O2/c1-11(10-14(2,3)4)9-12(15)13-7-5-6-8-16-13/h7,11H,5-6,8-10H2,1-4H3. The minimum atomic E-state index is 0.177. The van der Waals surface area contributed by atoms with Crippen LogP contribution in [0.25, 0.3) is 0 Å². The van der Waals surface area contributed by atoms with Gasteiger partial charge in [-0.3, -0.25) is 4.79 Å². The molecule has 0 fully saturated rings. The molecule has 2 heteroatoms. The highest BCUT2D eigenvalue weighted by molar-refractivity contribution is 5.93. The maximum Gasteiger partial charge on any atom is 0.197 e. The number of hydrogen-bond donors (Lipinski definition) is 0. The van der Waals surface area contributed by atoms with Crippen LogP contribution in [-0.2, 0) is 9.53 Å². The molecule has 0 aliphatic carbocycles. The summed E-state index contributed by atoms with van der Waals surface area (Å²) in [5.74, 6) is 1.21. The highest BCUT2D eigenvalue weighted by atomic mass is 16.5. The minimum absolute atomic E-state index is 0.177. The molecule has 0 spiro atoms. The van der Waals surface area contributed by atoms with Crippen LogP contribution in [0.4, 0.5) is 0 Å². The monoisotopic (exact) mass is 224 g/mol. The van der Waals surface area contributed by atoms with Gasteiger partial charge in [-0.25, -0.2) is 0 Å². The van der Waals surface area contributed by atoms with Crippen molar-refractivity contribution < 1.29 is 9.53 Å². The SMILES string of the molecule is CC(CC(=O)C1=CCCCO1)CC(C)(C)C. The number of allylic oxidation sites excluding steroid dienone is 2. The number of hydrogen-bond acceptors (Lipinski definition) is 2. The first-order valence-corrected chi connectivity index (χ1v) is 6.24. The number of rotatable bonds is 4. The lowest BCUT2D eigenvalue weighted by molar-refractivity contribution is -0.120. The fourth-order valence-electron chi connectivity index (χ4n) is 2.29. The fraction of sp³-hybridized carbons (Fsp3) is 0.786. The third-order valence-electron chi connectivity index (χ3n) is 2.71. The topological polar surface area (TPSA) is 26.3 Å². The zero-order chi connectivity index (χ0) is 12.2. The van der Waals surface area contributed by atoms with Crippen LogP contribution in [0.3, 0.4) is 0 Å². The highest BCUT2D eigenvalue weighted by Crippen LogP contribution is 2.27. The van der Waals surface area contributed by atoms with Crippen LogP contribution >= 0.6 is 0 Å². The number of ketones is 1. The third kappa shape index (κ3) is 4.82. The van der Waals surface area contributed by atoms with Gasteiger partial charge in [0.15, 0.2) is 11.5 Å². The van der Waals surface area contributed by atoms with E-state index in [1.54, 1.807) is 0 Å². The molecule has 0 amide bonds. The number of ether oxygens (including phenoxy) is 1. The van der Waals surface area contributed by atoms with Gasteiger partial charge in [0.25, 0.3) is 0 Å². The summed E-state index contributed by atoms with van der Waals surface area (Å²) < 4.78 is 5.38. The Morgan fingerprint density at radius 1 is 1.50 bits per heavy atom. The van der Waals surface area contributed by atoms with Gasteiger partial charge in [-0.15, -0.1) is 0 Å². The molecule has 0 aromatic rings. The van der Waals surface area contributed by atoms with Gasteiger partial charge >= 0.3 is 0 Å². The highest BCUT2D eigenvalue weighted by Gasteiger charge is 2.20. The zero-order valence-corrected chi connectivity index (χ0v) is 11.0. The van der Waals surface area contributed by atoms with E-state index in [2.05, 4.69) is 27.7 Å². The van der Waals surface area contributed by atoms with Crippen LogP contribution in [0.5, 0.6) is 0 Å². The molecule has 0 saturated heterocycles. The number of carbonyl (C=O) groups excluding carboxylic acids is 1. The summed E-state index contributed by atoms with van der Waals surface area (Å²) in [5, 5.41) is 0. The Hall–Kier alpha value is -0.790. The second-order valence-corrected chi connectivity index (χ2v) is 6.06. The van der Waals surface area contributed by atoms with Crippen LogP contribution in [-0.4, -0.2) is 12.4 Å². The van der Waals surface area contributed by atoms with Crippen LogP contribution in [0.1, 0.15) is 53.4 Å². The Morgan fingerprint density at radius 3 is 2.69 bits per heavy atom. The Kier molecular flexibility index (Phi) is 4.57. The normalized spacial score (nSPS) is 18.6. The molecule has 0 bridgehead atoms. The van der Waals surface area contributed by atoms with Crippen LogP contribution in [0.15, 0.2) is 11.8 Å². The van der Waals surface area contributed by atoms with Crippen molar-refractivity contribution in [2.75, 3.05) is 6.61 Å². The summed E-state index contributed by atoms with van der Waals surface area (Å²) in [6.45, 7) is 9.48. The fourth-order valence-corrected chi connectivity index (χ4v) is 2.29. The average molecular weight is 224 g/mol.